The van der Waals surface area contributed by atoms with E-state index in [1.807, 2.05) is 6.92 Å². The van der Waals surface area contributed by atoms with E-state index in [2.05, 4.69) is 10.5 Å². The van der Waals surface area contributed by atoms with E-state index in [1.165, 1.54) is 0 Å². The third-order valence-electron chi connectivity index (χ3n) is 4.36. The van der Waals surface area contributed by atoms with Crippen LogP contribution in [0.1, 0.15) is 51.9 Å². The number of hydrogen-bond donors (Lipinski definition) is 3. The second-order valence-electron chi connectivity index (χ2n) is 5.77. The summed E-state index contributed by atoms with van der Waals surface area (Å²) in [4.78, 5) is 12.5. The van der Waals surface area contributed by atoms with Crippen LogP contribution >= 0.6 is 11.8 Å². The summed E-state index contributed by atoms with van der Waals surface area (Å²) in [5.74, 6) is 1.20. The number of amidine groups is 1. The number of nitrogens with two attached hydrogens (primary N) is 1. The van der Waals surface area contributed by atoms with Crippen molar-refractivity contribution >= 4 is 23.5 Å². The molecular weight excluding hydrogens is 262 g/mol. The van der Waals surface area contributed by atoms with E-state index in [1.54, 1.807) is 11.8 Å². The van der Waals surface area contributed by atoms with Gasteiger partial charge in [0.25, 0.3) is 0 Å². The molecule has 5 nitrogen and oxygen atoms in total. The number of thioether (sulfide) groups is 1. The van der Waals surface area contributed by atoms with Crippen molar-refractivity contribution in [2.75, 3.05) is 5.75 Å². The van der Waals surface area contributed by atoms with Crippen LogP contribution in [-0.4, -0.2) is 33.0 Å². The maximum atomic E-state index is 12.5. The standard InChI is InChI=1S/C13H23N3O2S/c1-12(6-5-9-19-12)11(17)15-13(10(14)16-18)7-3-2-4-8-13/h18H,2-9H2,1H3,(H2,14,16)(H,15,17). The van der Waals surface area contributed by atoms with Gasteiger partial charge >= 0.3 is 0 Å². The molecule has 0 aromatic carbocycles. The molecular formula is C13H23N3O2S. The van der Waals surface area contributed by atoms with Crippen LogP contribution in [-0.2, 0) is 4.79 Å². The zero-order valence-electron chi connectivity index (χ0n) is 11.4. The first-order chi connectivity index (χ1) is 9.02. The van der Waals surface area contributed by atoms with E-state index >= 15 is 0 Å². The average Bonchev–Trinajstić information content (AvgIpc) is 2.87. The van der Waals surface area contributed by atoms with Crippen molar-refractivity contribution in [3.8, 4) is 0 Å². The van der Waals surface area contributed by atoms with Crippen molar-refractivity contribution in [1.29, 1.82) is 0 Å². The highest BCUT2D eigenvalue weighted by atomic mass is 32.2. The van der Waals surface area contributed by atoms with E-state index in [9.17, 15) is 4.79 Å². The molecule has 2 rings (SSSR count). The van der Waals surface area contributed by atoms with Crippen LogP contribution in [0.4, 0.5) is 0 Å². The molecule has 19 heavy (non-hydrogen) atoms. The van der Waals surface area contributed by atoms with Crippen LogP contribution in [0.15, 0.2) is 5.16 Å². The van der Waals surface area contributed by atoms with Gasteiger partial charge in [-0.1, -0.05) is 24.4 Å². The molecule has 0 bridgehead atoms. The van der Waals surface area contributed by atoms with Gasteiger partial charge in [0.2, 0.25) is 5.91 Å². The van der Waals surface area contributed by atoms with Crippen molar-refractivity contribution in [3.05, 3.63) is 0 Å². The fraction of sp³-hybridized carbons (Fsp3) is 0.846. The van der Waals surface area contributed by atoms with Gasteiger partial charge in [-0.05, 0) is 38.4 Å². The van der Waals surface area contributed by atoms with Crippen LogP contribution in [0.25, 0.3) is 0 Å². The summed E-state index contributed by atoms with van der Waals surface area (Å²) in [5.41, 5.74) is 5.21. The van der Waals surface area contributed by atoms with Gasteiger partial charge < -0.3 is 16.3 Å². The molecule has 1 aliphatic heterocycles. The normalized spacial score (nSPS) is 31.1. The first-order valence-electron chi connectivity index (χ1n) is 6.97. The highest BCUT2D eigenvalue weighted by Crippen LogP contribution is 2.39. The SMILES string of the molecule is CC1(C(=O)NC2(C(N)=NO)CCCCC2)CCCS1. The fourth-order valence-electron chi connectivity index (χ4n) is 3.00. The molecule has 108 valence electrons. The first-order valence-corrected chi connectivity index (χ1v) is 7.96. The molecule has 2 fully saturated rings. The van der Waals surface area contributed by atoms with Crippen LogP contribution in [0.5, 0.6) is 0 Å². The molecule has 1 aliphatic carbocycles. The summed E-state index contributed by atoms with van der Waals surface area (Å²) >= 11 is 1.70. The number of nitrogens with zero attached hydrogens (tertiary/aromatic N) is 1. The molecule has 1 saturated heterocycles. The van der Waals surface area contributed by atoms with Gasteiger partial charge in [0, 0.05) is 0 Å². The van der Waals surface area contributed by atoms with Crippen molar-refractivity contribution in [1.82, 2.24) is 5.32 Å². The number of rotatable bonds is 3. The molecule has 1 atom stereocenters. The lowest BCUT2D eigenvalue weighted by atomic mass is 9.80. The van der Waals surface area contributed by atoms with Gasteiger partial charge in [-0.15, -0.1) is 11.8 Å². The minimum Gasteiger partial charge on any atom is -0.409 e. The molecule has 0 radical (unpaired) electrons. The maximum absolute atomic E-state index is 12.5. The van der Waals surface area contributed by atoms with Gasteiger partial charge in [0.1, 0.15) is 5.54 Å². The molecule has 6 heteroatoms. The Hall–Kier alpha value is -0.910. The van der Waals surface area contributed by atoms with Crippen molar-refractivity contribution < 1.29 is 10.0 Å². The van der Waals surface area contributed by atoms with Crippen molar-refractivity contribution in [2.24, 2.45) is 10.9 Å². The largest absolute Gasteiger partial charge is 0.409 e. The number of hydrogen-bond acceptors (Lipinski definition) is 4. The molecule has 0 aromatic rings. The van der Waals surface area contributed by atoms with Crippen LogP contribution < -0.4 is 11.1 Å². The Morgan fingerprint density at radius 2 is 1.95 bits per heavy atom. The minimum atomic E-state index is -0.643. The third kappa shape index (κ3) is 2.83. The van der Waals surface area contributed by atoms with Crippen LogP contribution in [0.2, 0.25) is 0 Å². The summed E-state index contributed by atoms with van der Waals surface area (Å²) in [6.45, 7) is 1.99. The van der Waals surface area contributed by atoms with Crippen molar-refractivity contribution in [3.63, 3.8) is 0 Å². The Labute approximate surface area is 118 Å². The zero-order valence-corrected chi connectivity index (χ0v) is 12.3. The molecule has 0 spiro atoms. The van der Waals surface area contributed by atoms with E-state index < -0.39 is 5.54 Å². The lowest BCUT2D eigenvalue weighted by molar-refractivity contribution is -0.124. The van der Waals surface area contributed by atoms with Crippen molar-refractivity contribution in [2.45, 2.75) is 62.2 Å². The Balaban J connectivity index is 2.14. The Kier molecular flexibility index (Phi) is 4.28. The Bertz CT molecular complexity index is 372. The number of nitrogens with one attached hydrogen (secondary N) is 1. The van der Waals surface area contributed by atoms with E-state index in [0.29, 0.717) is 0 Å². The molecule has 1 amide bonds. The second kappa shape index (κ2) is 5.61. The van der Waals surface area contributed by atoms with Gasteiger partial charge in [-0.25, -0.2) is 0 Å². The van der Waals surface area contributed by atoms with Gasteiger partial charge in [0.05, 0.1) is 4.75 Å². The average molecular weight is 285 g/mol. The van der Waals surface area contributed by atoms with Crippen LogP contribution in [0, 0.1) is 0 Å². The minimum absolute atomic E-state index is 0.0310. The van der Waals surface area contributed by atoms with E-state index in [4.69, 9.17) is 10.9 Å². The van der Waals surface area contributed by atoms with E-state index in [-0.39, 0.29) is 16.5 Å². The molecule has 1 unspecified atom stereocenters. The van der Waals surface area contributed by atoms with Crippen LogP contribution in [0.3, 0.4) is 0 Å². The first kappa shape index (κ1) is 14.5. The highest BCUT2D eigenvalue weighted by Gasteiger charge is 2.44. The molecule has 1 heterocycles. The molecule has 0 aromatic heterocycles. The van der Waals surface area contributed by atoms with Gasteiger partial charge in [-0.2, -0.15) is 0 Å². The summed E-state index contributed by atoms with van der Waals surface area (Å²) < 4.78 is -0.361. The Morgan fingerprint density at radius 1 is 1.26 bits per heavy atom. The zero-order chi connectivity index (χ0) is 13.9. The predicted octanol–water partition coefficient (Wildman–Crippen LogP) is 1.84. The topological polar surface area (TPSA) is 87.7 Å². The fourth-order valence-corrected chi connectivity index (χ4v) is 4.21. The van der Waals surface area contributed by atoms with Gasteiger partial charge in [-0.3, -0.25) is 4.79 Å². The lowest BCUT2D eigenvalue weighted by Crippen LogP contribution is -2.61. The molecule has 4 N–H and O–H groups in total. The predicted molar refractivity (Wildman–Crippen MR) is 77.5 cm³/mol. The monoisotopic (exact) mass is 285 g/mol. The number of carbonyl (C=O) groups excluding carboxylic acids is 1. The summed E-state index contributed by atoms with van der Waals surface area (Å²) in [5, 5.41) is 15.3. The van der Waals surface area contributed by atoms with E-state index in [0.717, 1.165) is 50.7 Å². The molecule has 1 saturated carbocycles. The molecule has 2 aliphatic rings. The third-order valence-corrected chi connectivity index (χ3v) is 5.88. The second-order valence-corrected chi connectivity index (χ2v) is 7.36. The number of carbonyl (C=O) groups is 1. The summed E-state index contributed by atoms with van der Waals surface area (Å²) in [6.07, 6.45) is 6.63. The quantitative estimate of drug-likeness (QED) is 0.319. The summed E-state index contributed by atoms with van der Waals surface area (Å²) in [6, 6.07) is 0. The number of oxime groups is 1. The lowest BCUT2D eigenvalue weighted by Gasteiger charge is -2.39. The summed E-state index contributed by atoms with van der Waals surface area (Å²) in [7, 11) is 0. The number of amides is 1. The smallest absolute Gasteiger partial charge is 0.236 e. The highest BCUT2D eigenvalue weighted by molar-refractivity contribution is 8.01. The maximum Gasteiger partial charge on any atom is 0.236 e. The van der Waals surface area contributed by atoms with Gasteiger partial charge in [0.15, 0.2) is 5.84 Å². The Morgan fingerprint density at radius 3 is 2.47 bits per heavy atom.